The van der Waals surface area contributed by atoms with Crippen molar-refractivity contribution >= 4 is 23.0 Å². The van der Waals surface area contributed by atoms with E-state index in [1.807, 2.05) is 30.3 Å². The number of benzene rings is 1. The summed E-state index contributed by atoms with van der Waals surface area (Å²) in [6.07, 6.45) is 4.33. The van der Waals surface area contributed by atoms with Gasteiger partial charge in [-0.2, -0.15) is 0 Å². The van der Waals surface area contributed by atoms with Crippen LogP contribution in [-0.2, 0) is 0 Å². The maximum Gasteiger partial charge on any atom is 0.171 e. The first-order chi connectivity index (χ1) is 10.5. The second-order valence-electron chi connectivity index (χ2n) is 6.00. The number of fused-ring (bicyclic) bond motifs is 1. The van der Waals surface area contributed by atoms with Gasteiger partial charge in [-0.05, 0) is 44.3 Å². The molecule has 114 valence electrons. The zero-order valence-corrected chi connectivity index (χ0v) is 13.5. The van der Waals surface area contributed by atoms with Crippen LogP contribution in [0.2, 0.25) is 0 Å². The molecule has 0 bridgehead atoms. The van der Waals surface area contributed by atoms with E-state index in [0.29, 0.717) is 5.11 Å². The maximum absolute atomic E-state index is 6.04. The third-order valence-electron chi connectivity index (χ3n) is 3.60. The molecule has 3 rings (SSSR count). The summed E-state index contributed by atoms with van der Waals surface area (Å²) in [6, 6.07) is 12.0. The second kappa shape index (κ2) is 5.93. The zero-order valence-electron chi connectivity index (χ0n) is 12.7. The molecular formula is C17H19N3OS. The molecule has 0 saturated heterocycles. The van der Waals surface area contributed by atoms with Gasteiger partial charge >= 0.3 is 0 Å². The standard InChI is InChI=1S/C17H19N3OS/c1-17(2)10-14(13-7-3-4-8-15(13)21-17)20-16(22)19-12-6-5-9-18-11-12/h3-9,11,14H,10H2,1-2H3,(H2,19,20,22)/t14-/m1/s1. The average Bonchev–Trinajstić information content (AvgIpc) is 2.47. The number of para-hydroxylation sites is 1. The van der Waals surface area contributed by atoms with Gasteiger partial charge in [-0.15, -0.1) is 0 Å². The highest BCUT2D eigenvalue weighted by Gasteiger charge is 2.33. The van der Waals surface area contributed by atoms with Gasteiger partial charge in [0, 0.05) is 18.2 Å². The Bertz CT molecular complexity index is 673. The lowest BCUT2D eigenvalue weighted by molar-refractivity contribution is 0.0697. The summed E-state index contributed by atoms with van der Waals surface area (Å²) in [5, 5.41) is 7.14. The van der Waals surface area contributed by atoms with Gasteiger partial charge in [-0.3, -0.25) is 4.98 Å². The third kappa shape index (κ3) is 3.36. The van der Waals surface area contributed by atoms with Crippen molar-refractivity contribution in [3.05, 3.63) is 54.4 Å². The van der Waals surface area contributed by atoms with Crippen LogP contribution in [0.4, 0.5) is 5.69 Å². The fourth-order valence-electron chi connectivity index (χ4n) is 2.69. The van der Waals surface area contributed by atoms with E-state index in [-0.39, 0.29) is 11.6 Å². The number of nitrogens with zero attached hydrogens (tertiary/aromatic N) is 1. The lowest BCUT2D eigenvalue weighted by Gasteiger charge is -2.38. The highest BCUT2D eigenvalue weighted by atomic mass is 32.1. The van der Waals surface area contributed by atoms with Crippen LogP contribution in [0, 0.1) is 0 Å². The molecule has 5 heteroatoms. The number of anilines is 1. The summed E-state index contributed by atoms with van der Waals surface area (Å²) in [6.45, 7) is 4.18. The van der Waals surface area contributed by atoms with Crippen molar-refractivity contribution in [1.82, 2.24) is 10.3 Å². The number of ether oxygens (including phenoxy) is 1. The highest BCUT2D eigenvalue weighted by Crippen LogP contribution is 2.39. The summed E-state index contributed by atoms with van der Waals surface area (Å²) >= 11 is 5.43. The summed E-state index contributed by atoms with van der Waals surface area (Å²) in [4.78, 5) is 4.07. The molecule has 2 aromatic rings. The van der Waals surface area contributed by atoms with Gasteiger partial charge in [0.25, 0.3) is 0 Å². The molecule has 0 saturated carbocycles. The first-order valence-electron chi connectivity index (χ1n) is 7.29. The topological polar surface area (TPSA) is 46.2 Å². The van der Waals surface area contributed by atoms with Gasteiger partial charge < -0.3 is 15.4 Å². The van der Waals surface area contributed by atoms with E-state index >= 15 is 0 Å². The van der Waals surface area contributed by atoms with E-state index in [4.69, 9.17) is 17.0 Å². The Morgan fingerprint density at radius 2 is 2.09 bits per heavy atom. The minimum atomic E-state index is -0.226. The molecule has 1 atom stereocenters. The van der Waals surface area contributed by atoms with E-state index in [2.05, 4.69) is 35.5 Å². The molecule has 2 heterocycles. The molecule has 0 radical (unpaired) electrons. The largest absolute Gasteiger partial charge is 0.487 e. The molecular weight excluding hydrogens is 294 g/mol. The second-order valence-corrected chi connectivity index (χ2v) is 6.40. The van der Waals surface area contributed by atoms with E-state index < -0.39 is 0 Å². The minimum Gasteiger partial charge on any atom is -0.487 e. The zero-order chi connectivity index (χ0) is 15.6. The Kier molecular flexibility index (Phi) is 3.98. The maximum atomic E-state index is 6.04. The first kappa shape index (κ1) is 14.8. The average molecular weight is 313 g/mol. The van der Waals surface area contributed by atoms with Gasteiger partial charge in [-0.1, -0.05) is 18.2 Å². The number of aromatic nitrogens is 1. The van der Waals surface area contributed by atoms with Crippen LogP contribution >= 0.6 is 12.2 Å². The van der Waals surface area contributed by atoms with E-state index in [0.717, 1.165) is 23.4 Å². The first-order valence-corrected chi connectivity index (χ1v) is 7.70. The number of pyridine rings is 1. The number of hydrogen-bond donors (Lipinski definition) is 2. The third-order valence-corrected chi connectivity index (χ3v) is 3.82. The quantitative estimate of drug-likeness (QED) is 0.828. The summed E-state index contributed by atoms with van der Waals surface area (Å²) in [5.41, 5.74) is 1.78. The van der Waals surface area contributed by atoms with Crippen molar-refractivity contribution in [2.45, 2.75) is 31.9 Å². The normalized spacial score (nSPS) is 18.7. The molecule has 1 aliphatic rings. The van der Waals surface area contributed by atoms with E-state index in [1.165, 1.54) is 0 Å². The predicted molar refractivity (Wildman–Crippen MR) is 92.1 cm³/mol. The van der Waals surface area contributed by atoms with Gasteiger partial charge in [0.1, 0.15) is 11.4 Å². The number of thiocarbonyl (C=S) groups is 1. The Morgan fingerprint density at radius 1 is 1.27 bits per heavy atom. The van der Waals surface area contributed by atoms with Crippen LogP contribution in [0.5, 0.6) is 5.75 Å². The number of rotatable bonds is 2. The number of hydrogen-bond acceptors (Lipinski definition) is 3. The fourth-order valence-corrected chi connectivity index (χ4v) is 2.95. The summed E-state index contributed by atoms with van der Waals surface area (Å²) < 4.78 is 6.04. The van der Waals surface area contributed by atoms with Crippen molar-refractivity contribution in [3.63, 3.8) is 0 Å². The van der Waals surface area contributed by atoms with Crippen molar-refractivity contribution in [3.8, 4) is 5.75 Å². The summed E-state index contributed by atoms with van der Waals surface area (Å²) in [5.74, 6) is 0.917. The highest BCUT2D eigenvalue weighted by molar-refractivity contribution is 7.80. The summed E-state index contributed by atoms with van der Waals surface area (Å²) in [7, 11) is 0. The molecule has 1 aliphatic heterocycles. The van der Waals surface area contributed by atoms with Gasteiger partial charge in [-0.25, -0.2) is 0 Å². The molecule has 0 spiro atoms. The Balaban J connectivity index is 1.75. The Morgan fingerprint density at radius 3 is 2.86 bits per heavy atom. The van der Waals surface area contributed by atoms with Crippen molar-refractivity contribution < 1.29 is 4.74 Å². The fraction of sp³-hybridized carbons (Fsp3) is 0.294. The molecule has 1 aromatic carbocycles. The Hall–Kier alpha value is -2.14. The van der Waals surface area contributed by atoms with Crippen LogP contribution in [0.3, 0.4) is 0 Å². The van der Waals surface area contributed by atoms with Crippen LogP contribution in [0.25, 0.3) is 0 Å². The minimum absolute atomic E-state index is 0.122. The molecule has 2 N–H and O–H groups in total. The van der Waals surface area contributed by atoms with Crippen molar-refractivity contribution in [1.29, 1.82) is 0 Å². The lowest BCUT2D eigenvalue weighted by atomic mass is 9.90. The molecule has 0 aliphatic carbocycles. The van der Waals surface area contributed by atoms with Crippen LogP contribution in [0.1, 0.15) is 31.9 Å². The molecule has 4 nitrogen and oxygen atoms in total. The molecule has 0 amide bonds. The number of nitrogens with one attached hydrogen (secondary N) is 2. The lowest BCUT2D eigenvalue weighted by Crippen LogP contribution is -2.42. The van der Waals surface area contributed by atoms with Gasteiger partial charge in [0.2, 0.25) is 0 Å². The van der Waals surface area contributed by atoms with E-state index in [9.17, 15) is 0 Å². The monoisotopic (exact) mass is 313 g/mol. The van der Waals surface area contributed by atoms with Crippen LogP contribution in [0.15, 0.2) is 48.8 Å². The SMILES string of the molecule is CC1(C)C[C@@H](NC(=S)Nc2cccnc2)c2ccccc2O1. The molecule has 1 aromatic heterocycles. The molecule has 0 unspecified atom stereocenters. The van der Waals surface area contributed by atoms with Crippen molar-refractivity contribution in [2.75, 3.05) is 5.32 Å². The molecule has 22 heavy (non-hydrogen) atoms. The predicted octanol–water partition coefficient (Wildman–Crippen LogP) is 3.67. The Labute approximate surface area is 135 Å². The smallest absolute Gasteiger partial charge is 0.171 e. The van der Waals surface area contributed by atoms with E-state index in [1.54, 1.807) is 12.4 Å². The van der Waals surface area contributed by atoms with Gasteiger partial charge in [0.15, 0.2) is 5.11 Å². The van der Waals surface area contributed by atoms with Crippen molar-refractivity contribution in [2.24, 2.45) is 0 Å². The van der Waals surface area contributed by atoms with Crippen LogP contribution < -0.4 is 15.4 Å². The molecule has 0 fully saturated rings. The van der Waals surface area contributed by atoms with Crippen LogP contribution in [-0.4, -0.2) is 15.7 Å². The van der Waals surface area contributed by atoms with Gasteiger partial charge in [0.05, 0.1) is 17.9 Å².